The van der Waals surface area contributed by atoms with Crippen molar-refractivity contribution in [3.63, 3.8) is 0 Å². The number of carbonyl (C=O) groups excluding carboxylic acids is 2. The normalized spacial score (nSPS) is 12.8. The molecule has 32 heavy (non-hydrogen) atoms. The van der Waals surface area contributed by atoms with Gasteiger partial charge in [-0.2, -0.15) is 0 Å². The summed E-state index contributed by atoms with van der Waals surface area (Å²) in [7, 11) is 0. The number of benzene rings is 2. The van der Waals surface area contributed by atoms with Gasteiger partial charge in [0.15, 0.2) is 0 Å². The lowest BCUT2D eigenvalue weighted by Gasteiger charge is -2.32. The van der Waals surface area contributed by atoms with Gasteiger partial charge in [0.25, 0.3) is 0 Å². The van der Waals surface area contributed by atoms with Crippen LogP contribution in [0.5, 0.6) is 0 Å². The highest BCUT2D eigenvalue weighted by Crippen LogP contribution is 2.22. The first kappa shape index (κ1) is 26.3. The van der Waals surface area contributed by atoms with Gasteiger partial charge in [-0.15, -0.1) is 11.8 Å². The number of thioether (sulfide) groups is 1. The fraction of sp³-hybridized carbons (Fsp3) is 0.462. The molecule has 1 N–H and O–H groups in total. The summed E-state index contributed by atoms with van der Waals surface area (Å²) < 4.78 is 0. The van der Waals surface area contributed by atoms with Crippen LogP contribution in [0.4, 0.5) is 0 Å². The second kappa shape index (κ2) is 13.5. The third kappa shape index (κ3) is 8.18. The number of hydrogen-bond acceptors (Lipinski definition) is 3. The molecule has 0 aliphatic heterocycles. The van der Waals surface area contributed by atoms with Gasteiger partial charge in [0.1, 0.15) is 6.04 Å². The van der Waals surface area contributed by atoms with Crippen molar-refractivity contribution < 1.29 is 9.59 Å². The minimum absolute atomic E-state index is 0.0242. The van der Waals surface area contributed by atoms with Crippen molar-refractivity contribution in [1.29, 1.82) is 0 Å². The molecule has 2 atom stereocenters. The number of aryl methyl sites for hydroxylation is 1. The summed E-state index contributed by atoms with van der Waals surface area (Å²) in [6.45, 7) is 8.49. The molecule has 0 radical (unpaired) electrons. The van der Waals surface area contributed by atoms with Gasteiger partial charge in [0.05, 0.1) is 0 Å². The van der Waals surface area contributed by atoms with Gasteiger partial charge in [-0.3, -0.25) is 9.59 Å². The van der Waals surface area contributed by atoms with Crippen LogP contribution in [0.15, 0.2) is 53.4 Å². The first-order chi connectivity index (χ1) is 15.3. The molecule has 4 nitrogen and oxygen atoms in total. The van der Waals surface area contributed by atoms with E-state index in [1.54, 1.807) is 16.7 Å². The molecular weight excluding hydrogens is 440 g/mol. The highest BCUT2D eigenvalue weighted by Gasteiger charge is 2.29. The van der Waals surface area contributed by atoms with Crippen molar-refractivity contribution in [2.75, 3.05) is 5.75 Å². The Bertz CT molecular complexity index is 872. The van der Waals surface area contributed by atoms with Gasteiger partial charge in [-0.05, 0) is 74.3 Å². The minimum atomic E-state index is -0.472. The molecule has 0 saturated carbocycles. The fourth-order valence-corrected chi connectivity index (χ4v) is 4.40. The lowest BCUT2D eigenvalue weighted by atomic mass is 10.0. The molecule has 0 saturated heterocycles. The topological polar surface area (TPSA) is 49.4 Å². The Hall–Kier alpha value is -1.98. The number of nitrogens with one attached hydrogen (secondary N) is 1. The number of halogens is 1. The summed E-state index contributed by atoms with van der Waals surface area (Å²) in [5, 5.41) is 3.78. The van der Waals surface area contributed by atoms with Crippen LogP contribution in [0.25, 0.3) is 0 Å². The molecule has 2 aromatic rings. The Morgan fingerprint density at radius 3 is 2.38 bits per heavy atom. The molecule has 174 valence electrons. The van der Waals surface area contributed by atoms with Crippen molar-refractivity contribution in [2.45, 2.75) is 76.9 Å². The van der Waals surface area contributed by atoms with Gasteiger partial charge >= 0.3 is 0 Å². The first-order valence-electron chi connectivity index (χ1n) is 11.4. The van der Waals surface area contributed by atoms with Crippen LogP contribution >= 0.6 is 23.4 Å². The smallest absolute Gasteiger partial charge is 0.243 e. The van der Waals surface area contributed by atoms with Crippen molar-refractivity contribution in [2.24, 2.45) is 0 Å². The van der Waals surface area contributed by atoms with E-state index in [9.17, 15) is 9.59 Å². The summed E-state index contributed by atoms with van der Waals surface area (Å²) in [5.41, 5.74) is 2.20. The van der Waals surface area contributed by atoms with Crippen LogP contribution in [0, 0.1) is 6.92 Å². The van der Waals surface area contributed by atoms with Crippen LogP contribution in [0.3, 0.4) is 0 Å². The molecular formula is C26H35ClN2O2S. The molecule has 0 aliphatic carbocycles. The van der Waals surface area contributed by atoms with Gasteiger partial charge in [-0.1, -0.05) is 49.7 Å². The van der Waals surface area contributed by atoms with Crippen molar-refractivity contribution in [3.05, 3.63) is 64.7 Å². The number of carbonyl (C=O) groups is 2. The maximum absolute atomic E-state index is 13.3. The summed E-state index contributed by atoms with van der Waals surface area (Å²) in [6.07, 6.45) is 2.61. The van der Waals surface area contributed by atoms with Gasteiger partial charge in [-0.25, -0.2) is 0 Å². The number of amides is 2. The highest BCUT2D eigenvalue weighted by atomic mass is 35.5. The van der Waals surface area contributed by atoms with E-state index in [0.29, 0.717) is 19.4 Å². The molecule has 6 heteroatoms. The second-order valence-corrected chi connectivity index (χ2v) is 9.70. The molecule has 0 aromatic heterocycles. The SMILES string of the molecule is CC[C@H](C)NC(=O)[C@H](CC)N(Cc1ccccc1C)C(=O)CCCSc1ccc(Cl)cc1. The average molecular weight is 475 g/mol. The average Bonchev–Trinajstić information content (AvgIpc) is 2.78. The zero-order valence-corrected chi connectivity index (χ0v) is 21.1. The molecule has 2 amide bonds. The lowest BCUT2D eigenvalue weighted by Crippen LogP contribution is -2.50. The monoisotopic (exact) mass is 474 g/mol. The van der Waals surface area contributed by atoms with Crippen molar-refractivity contribution in [1.82, 2.24) is 10.2 Å². The molecule has 0 aliphatic rings. The molecule has 2 rings (SSSR count). The zero-order valence-electron chi connectivity index (χ0n) is 19.6. The maximum atomic E-state index is 13.3. The maximum Gasteiger partial charge on any atom is 0.243 e. The predicted octanol–water partition coefficient (Wildman–Crippen LogP) is 6.24. The van der Waals surface area contributed by atoms with Crippen molar-refractivity contribution in [3.8, 4) is 0 Å². The number of nitrogens with zero attached hydrogens (tertiary/aromatic N) is 1. The standard InChI is InChI=1S/C26H35ClN2O2S/c1-5-20(4)28-26(31)24(6-2)29(18-21-11-8-7-10-19(21)3)25(30)12-9-17-32-23-15-13-22(27)14-16-23/h7-8,10-11,13-16,20,24H,5-6,9,12,17-18H2,1-4H3,(H,28,31)/t20-,24-/m0/s1. The Kier molecular flexibility index (Phi) is 11.1. The number of hydrogen-bond donors (Lipinski definition) is 1. The summed E-state index contributed by atoms with van der Waals surface area (Å²) in [5.74, 6) is 0.789. The van der Waals surface area contributed by atoms with Crippen LogP contribution < -0.4 is 5.32 Å². The minimum Gasteiger partial charge on any atom is -0.352 e. The van der Waals surface area contributed by atoms with Crippen molar-refractivity contribution >= 4 is 35.2 Å². The third-order valence-electron chi connectivity index (χ3n) is 5.61. The Morgan fingerprint density at radius 2 is 1.75 bits per heavy atom. The van der Waals surface area contributed by atoms with E-state index < -0.39 is 6.04 Å². The molecule has 0 unspecified atom stereocenters. The quantitative estimate of drug-likeness (QED) is 0.292. The van der Waals surface area contributed by atoms with Crippen LogP contribution in [-0.4, -0.2) is 34.6 Å². The zero-order chi connectivity index (χ0) is 23.5. The van der Waals surface area contributed by atoms with Gasteiger partial charge in [0.2, 0.25) is 11.8 Å². The van der Waals surface area contributed by atoms with Gasteiger partial charge in [0, 0.05) is 28.9 Å². The van der Waals surface area contributed by atoms with Crippen LogP contribution in [-0.2, 0) is 16.1 Å². The highest BCUT2D eigenvalue weighted by molar-refractivity contribution is 7.99. The summed E-state index contributed by atoms with van der Waals surface area (Å²) >= 11 is 7.66. The van der Waals surface area contributed by atoms with Crippen LogP contribution in [0.2, 0.25) is 5.02 Å². The Labute approximate surface area is 202 Å². The molecule has 0 fully saturated rings. The molecule has 0 bridgehead atoms. The Morgan fingerprint density at radius 1 is 1.06 bits per heavy atom. The van der Waals surface area contributed by atoms with Crippen LogP contribution in [0.1, 0.15) is 57.6 Å². The second-order valence-electron chi connectivity index (χ2n) is 8.10. The van der Waals surface area contributed by atoms with E-state index >= 15 is 0 Å². The molecule has 0 spiro atoms. The van der Waals surface area contributed by atoms with E-state index in [1.807, 2.05) is 76.2 Å². The Balaban J connectivity index is 2.07. The van der Waals surface area contributed by atoms with E-state index in [-0.39, 0.29) is 17.9 Å². The summed E-state index contributed by atoms with van der Waals surface area (Å²) in [6, 6.07) is 15.4. The van der Waals surface area contributed by atoms with E-state index in [1.165, 1.54) is 0 Å². The molecule has 2 aromatic carbocycles. The number of rotatable bonds is 12. The third-order valence-corrected chi connectivity index (χ3v) is 6.96. The lowest BCUT2D eigenvalue weighted by molar-refractivity contribution is -0.141. The fourth-order valence-electron chi connectivity index (χ4n) is 3.42. The largest absolute Gasteiger partial charge is 0.352 e. The molecule has 0 heterocycles. The predicted molar refractivity (Wildman–Crippen MR) is 135 cm³/mol. The van der Waals surface area contributed by atoms with Gasteiger partial charge < -0.3 is 10.2 Å². The summed E-state index contributed by atoms with van der Waals surface area (Å²) in [4.78, 5) is 29.2. The van der Waals surface area contributed by atoms with E-state index in [2.05, 4.69) is 5.32 Å². The van der Waals surface area contributed by atoms with E-state index in [0.717, 1.165) is 39.6 Å². The first-order valence-corrected chi connectivity index (χ1v) is 12.7. The van der Waals surface area contributed by atoms with E-state index in [4.69, 9.17) is 11.6 Å².